The number of hydrogen-bond donors (Lipinski definition) is 1. The highest BCUT2D eigenvalue weighted by Crippen LogP contribution is 2.28. The molecule has 1 heterocycles. The summed E-state index contributed by atoms with van der Waals surface area (Å²) in [6.45, 7) is 2.29. The van der Waals surface area contributed by atoms with E-state index in [9.17, 15) is 9.59 Å². The van der Waals surface area contributed by atoms with Gasteiger partial charge in [-0.1, -0.05) is 0 Å². The number of methoxy groups -OCH3 is 2. The van der Waals surface area contributed by atoms with Crippen LogP contribution in [0.5, 0.6) is 11.5 Å². The van der Waals surface area contributed by atoms with Crippen molar-refractivity contribution in [1.29, 1.82) is 0 Å². The van der Waals surface area contributed by atoms with Gasteiger partial charge in [0.25, 0.3) is 0 Å². The Morgan fingerprint density at radius 1 is 1.12 bits per heavy atom. The van der Waals surface area contributed by atoms with E-state index in [1.54, 1.807) is 13.2 Å². The summed E-state index contributed by atoms with van der Waals surface area (Å²) in [6, 6.07) is 8.97. The van der Waals surface area contributed by atoms with Crippen LogP contribution in [0.4, 0.5) is 5.00 Å². The fraction of sp³-hybridized carbons (Fsp3) is 0.333. The second-order valence-corrected chi connectivity index (χ2v) is 6.52. The van der Waals surface area contributed by atoms with Crippen LogP contribution in [0.25, 0.3) is 0 Å². The zero-order valence-electron chi connectivity index (χ0n) is 14.5. The van der Waals surface area contributed by atoms with Crippen molar-refractivity contribution in [2.75, 3.05) is 26.1 Å². The van der Waals surface area contributed by atoms with E-state index in [1.165, 1.54) is 18.4 Å². The van der Waals surface area contributed by atoms with E-state index in [0.717, 1.165) is 16.4 Å². The summed E-state index contributed by atoms with van der Waals surface area (Å²) in [7, 11) is 2.92. The third-order valence-electron chi connectivity index (χ3n) is 3.39. The molecule has 0 spiro atoms. The van der Waals surface area contributed by atoms with Crippen LogP contribution in [-0.2, 0) is 9.53 Å². The highest BCUT2D eigenvalue weighted by atomic mass is 32.1. The number of aryl methyl sites for hydroxylation is 1. The summed E-state index contributed by atoms with van der Waals surface area (Å²) >= 11 is 1.35. The Morgan fingerprint density at radius 3 is 2.44 bits per heavy atom. The van der Waals surface area contributed by atoms with Crippen molar-refractivity contribution in [2.45, 2.75) is 19.8 Å². The average Bonchev–Trinajstić information content (AvgIpc) is 2.98. The fourth-order valence-corrected chi connectivity index (χ4v) is 3.07. The molecule has 0 saturated carbocycles. The molecule has 0 aliphatic heterocycles. The molecule has 134 valence electrons. The van der Waals surface area contributed by atoms with Gasteiger partial charge in [0.15, 0.2) is 0 Å². The zero-order valence-corrected chi connectivity index (χ0v) is 15.3. The van der Waals surface area contributed by atoms with Gasteiger partial charge >= 0.3 is 5.97 Å². The highest BCUT2D eigenvalue weighted by molar-refractivity contribution is 7.16. The van der Waals surface area contributed by atoms with Crippen molar-refractivity contribution < 1.29 is 23.8 Å². The second-order valence-electron chi connectivity index (χ2n) is 5.27. The molecule has 0 aliphatic rings. The van der Waals surface area contributed by atoms with Gasteiger partial charge in [0, 0.05) is 11.3 Å². The minimum absolute atomic E-state index is 0.162. The summed E-state index contributed by atoms with van der Waals surface area (Å²) in [5.74, 6) is 0.871. The van der Waals surface area contributed by atoms with Gasteiger partial charge in [0.2, 0.25) is 5.91 Å². The molecular formula is C18H21NO5S. The lowest BCUT2D eigenvalue weighted by atomic mass is 10.2. The van der Waals surface area contributed by atoms with Gasteiger partial charge in [-0.05, 0) is 43.7 Å². The first-order valence-corrected chi connectivity index (χ1v) is 8.60. The number of ether oxygens (including phenoxy) is 3. The zero-order chi connectivity index (χ0) is 18.2. The Labute approximate surface area is 150 Å². The fourth-order valence-electron chi connectivity index (χ4n) is 2.15. The molecule has 0 saturated heterocycles. The van der Waals surface area contributed by atoms with Crippen molar-refractivity contribution in [3.63, 3.8) is 0 Å². The summed E-state index contributed by atoms with van der Waals surface area (Å²) in [5, 5.41) is 3.29. The molecule has 0 aliphatic carbocycles. The number of amides is 1. The normalized spacial score (nSPS) is 10.2. The SMILES string of the molecule is COC(=O)c1cc(C)sc1NC(=O)CCCOc1ccc(OC)cc1. The van der Waals surface area contributed by atoms with Gasteiger partial charge in [0.05, 0.1) is 26.4 Å². The summed E-state index contributed by atoms with van der Waals surface area (Å²) < 4.78 is 15.4. The molecule has 1 amide bonds. The lowest BCUT2D eigenvalue weighted by Gasteiger charge is -2.08. The van der Waals surface area contributed by atoms with Crippen molar-refractivity contribution in [2.24, 2.45) is 0 Å². The molecule has 0 radical (unpaired) electrons. The first-order valence-electron chi connectivity index (χ1n) is 7.79. The number of anilines is 1. The van der Waals surface area contributed by atoms with Crippen LogP contribution in [0.15, 0.2) is 30.3 Å². The molecule has 0 bridgehead atoms. The topological polar surface area (TPSA) is 73.9 Å². The van der Waals surface area contributed by atoms with Crippen molar-refractivity contribution in [1.82, 2.24) is 0 Å². The number of esters is 1. The van der Waals surface area contributed by atoms with E-state index in [4.69, 9.17) is 14.2 Å². The maximum absolute atomic E-state index is 12.1. The smallest absolute Gasteiger partial charge is 0.340 e. The van der Waals surface area contributed by atoms with Crippen LogP contribution >= 0.6 is 11.3 Å². The molecule has 2 aromatic rings. The minimum Gasteiger partial charge on any atom is -0.497 e. The van der Waals surface area contributed by atoms with Crippen molar-refractivity contribution >= 4 is 28.2 Å². The molecule has 0 atom stereocenters. The Balaban J connectivity index is 1.78. The molecule has 0 unspecified atom stereocenters. The third-order valence-corrected chi connectivity index (χ3v) is 4.36. The standard InChI is InChI=1S/C18H21NO5S/c1-12-11-15(18(21)23-3)17(25-12)19-16(20)5-4-10-24-14-8-6-13(22-2)7-9-14/h6-9,11H,4-5,10H2,1-3H3,(H,19,20). The van der Waals surface area contributed by atoms with Gasteiger partial charge in [-0.2, -0.15) is 0 Å². The van der Waals surface area contributed by atoms with Crippen molar-refractivity contribution in [3.8, 4) is 11.5 Å². The Kier molecular flexibility index (Phi) is 6.82. The Bertz CT molecular complexity index is 724. The van der Waals surface area contributed by atoms with E-state index >= 15 is 0 Å². The predicted molar refractivity (Wildman–Crippen MR) is 96.7 cm³/mol. The van der Waals surface area contributed by atoms with E-state index in [-0.39, 0.29) is 5.91 Å². The summed E-state index contributed by atoms with van der Waals surface area (Å²) in [5.41, 5.74) is 0.382. The summed E-state index contributed by atoms with van der Waals surface area (Å²) in [6.07, 6.45) is 0.865. The lowest BCUT2D eigenvalue weighted by molar-refractivity contribution is -0.116. The van der Waals surface area contributed by atoms with Crippen LogP contribution in [0.1, 0.15) is 28.1 Å². The second kappa shape index (κ2) is 9.08. The average molecular weight is 363 g/mol. The quantitative estimate of drug-likeness (QED) is 0.572. The number of nitrogens with one attached hydrogen (secondary N) is 1. The largest absolute Gasteiger partial charge is 0.497 e. The number of benzene rings is 1. The Morgan fingerprint density at radius 2 is 1.80 bits per heavy atom. The molecule has 6 nitrogen and oxygen atoms in total. The number of rotatable bonds is 8. The maximum Gasteiger partial charge on any atom is 0.340 e. The first kappa shape index (κ1) is 18.8. The number of carbonyl (C=O) groups excluding carboxylic acids is 2. The predicted octanol–water partition coefficient (Wildman–Crippen LogP) is 3.65. The highest BCUT2D eigenvalue weighted by Gasteiger charge is 2.17. The van der Waals surface area contributed by atoms with Crippen LogP contribution < -0.4 is 14.8 Å². The van der Waals surface area contributed by atoms with Crippen LogP contribution in [0.2, 0.25) is 0 Å². The molecule has 0 fully saturated rings. The molecular weight excluding hydrogens is 342 g/mol. The monoisotopic (exact) mass is 363 g/mol. The van der Waals surface area contributed by atoms with Gasteiger partial charge in [0.1, 0.15) is 16.5 Å². The van der Waals surface area contributed by atoms with Crippen molar-refractivity contribution in [3.05, 3.63) is 40.8 Å². The van der Waals surface area contributed by atoms with Gasteiger partial charge < -0.3 is 19.5 Å². The molecule has 2 rings (SSSR count). The molecule has 1 aromatic heterocycles. The summed E-state index contributed by atoms with van der Waals surface area (Å²) in [4.78, 5) is 24.7. The van der Waals surface area contributed by atoms with Crippen LogP contribution in [0, 0.1) is 6.92 Å². The van der Waals surface area contributed by atoms with Crippen LogP contribution in [0.3, 0.4) is 0 Å². The number of hydrogen-bond acceptors (Lipinski definition) is 6. The van der Waals surface area contributed by atoms with Gasteiger partial charge in [-0.3, -0.25) is 4.79 Å². The van der Waals surface area contributed by atoms with E-state index in [0.29, 0.717) is 30.0 Å². The lowest BCUT2D eigenvalue weighted by Crippen LogP contribution is -2.14. The molecule has 1 N–H and O–H groups in total. The molecule has 25 heavy (non-hydrogen) atoms. The van der Waals surface area contributed by atoms with E-state index in [2.05, 4.69) is 5.32 Å². The molecule has 1 aromatic carbocycles. The maximum atomic E-state index is 12.1. The third kappa shape index (κ3) is 5.49. The van der Waals surface area contributed by atoms with E-state index < -0.39 is 5.97 Å². The van der Waals surface area contributed by atoms with Crippen LogP contribution in [-0.4, -0.2) is 32.7 Å². The Hall–Kier alpha value is -2.54. The minimum atomic E-state index is -0.456. The first-order chi connectivity index (χ1) is 12.0. The van der Waals surface area contributed by atoms with E-state index in [1.807, 2.05) is 31.2 Å². The number of carbonyl (C=O) groups is 2. The number of thiophene rings is 1. The van der Waals surface area contributed by atoms with Gasteiger partial charge in [-0.25, -0.2) is 4.79 Å². The molecule has 7 heteroatoms. The van der Waals surface area contributed by atoms with Gasteiger partial charge in [-0.15, -0.1) is 11.3 Å².